The number of imidazole rings is 1. The Kier molecular flexibility index (Phi) is 3.17. The number of rotatable bonds is 1. The highest BCUT2D eigenvalue weighted by molar-refractivity contribution is 5.79. The topological polar surface area (TPSA) is 37.6 Å². The SMILES string of the molecule is O=C(C1CCc2nc3ccccn3c2C1)N1CCCCC1. The van der Waals surface area contributed by atoms with Gasteiger partial charge in [0.1, 0.15) is 5.65 Å². The third-order valence-corrected chi connectivity index (χ3v) is 4.90. The summed E-state index contributed by atoms with van der Waals surface area (Å²) in [5.41, 5.74) is 3.43. The number of likely N-dealkylation sites (tertiary alicyclic amines) is 1. The summed E-state index contributed by atoms with van der Waals surface area (Å²) in [6, 6.07) is 6.09. The Bertz CT molecular complexity index is 670. The molecule has 1 fully saturated rings. The van der Waals surface area contributed by atoms with Gasteiger partial charge in [0, 0.05) is 37.3 Å². The minimum atomic E-state index is 0.149. The molecule has 4 heteroatoms. The number of piperidine rings is 1. The second-order valence-corrected chi connectivity index (χ2v) is 6.26. The van der Waals surface area contributed by atoms with E-state index in [4.69, 9.17) is 4.98 Å². The number of aryl methyl sites for hydroxylation is 1. The van der Waals surface area contributed by atoms with Crippen molar-refractivity contribution in [2.75, 3.05) is 13.1 Å². The highest BCUT2D eigenvalue weighted by Crippen LogP contribution is 2.28. The third-order valence-electron chi connectivity index (χ3n) is 4.90. The van der Waals surface area contributed by atoms with E-state index in [9.17, 15) is 4.79 Å². The number of amides is 1. The van der Waals surface area contributed by atoms with Crippen molar-refractivity contribution in [1.29, 1.82) is 0 Å². The van der Waals surface area contributed by atoms with Crippen LogP contribution in [0.2, 0.25) is 0 Å². The van der Waals surface area contributed by atoms with Gasteiger partial charge in [0.25, 0.3) is 0 Å². The lowest BCUT2D eigenvalue weighted by molar-refractivity contribution is -0.136. The van der Waals surface area contributed by atoms with Crippen molar-refractivity contribution in [1.82, 2.24) is 14.3 Å². The van der Waals surface area contributed by atoms with Crippen LogP contribution in [0.15, 0.2) is 24.4 Å². The van der Waals surface area contributed by atoms with E-state index in [0.717, 1.165) is 38.0 Å². The minimum Gasteiger partial charge on any atom is -0.342 e. The number of pyridine rings is 1. The molecule has 2 aliphatic rings. The summed E-state index contributed by atoms with van der Waals surface area (Å²) in [5, 5.41) is 0. The van der Waals surface area contributed by atoms with Gasteiger partial charge in [0.2, 0.25) is 5.91 Å². The zero-order valence-corrected chi connectivity index (χ0v) is 12.3. The van der Waals surface area contributed by atoms with E-state index in [1.165, 1.54) is 30.7 Å². The zero-order valence-electron chi connectivity index (χ0n) is 12.3. The maximum absolute atomic E-state index is 12.7. The Labute approximate surface area is 124 Å². The van der Waals surface area contributed by atoms with E-state index in [1.807, 2.05) is 18.2 Å². The molecule has 0 aromatic carbocycles. The molecule has 0 bridgehead atoms. The van der Waals surface area contributed by atoms with E-state index >= 15 is 0 Å². The second-order valence-electron chi connectivity index (χ2n) is 6.26. The first-order chi connectivity index (χ1) is 10.3. The number of carbonyl (C=O) groups is 1. The van der Waals surface area contributed by atoms with Crippen molar-refractivity contribution in [3.63, 3.8) is 0 Å². The molecule has 0 radical (unpaired) electrons. The monoisotopic (exact) mass is 283 g/mol. The highest BCUT2D eigenvalue weighted by atomic mass is 16.2. The van der Waals surface area contributed by atoms with Crippen molar-refractivity contribution in [3.8, 4) is 0 Å². The minimum absolute atomic E-state index is 0.149. The predicted molar refractivity (Wildman–Crippen MR) is 81.1 cm³/mol. The standard InChI is InChI=1S/C17H21N3O/c21-17(19-9-3-1-4-10-19)13-7-8-14-15(12-13)20-11-5-2-6-16(20)18-14/h2,5-6,11,13H,1,3-4,7-10,12H2. The number of carbonyl (C=O) groups excluding carboxylic acids is 1. The van der Waals surface area contributed by atoms with E-state index < -0.39 is 0 Å². The first-order valence-corrected chi connectivity index (χ1v) is 8.06. The maximum atomic E-state index is 12.7. The lowest BCUT2D eigenvalue weighted by Gasteiger charge is -2.31. The largest absolute Gasteiger partial charge is 0.342 e. The summed E-state index contributed by atoms with van der Waals surface area (Å²) in [7, 11) is 0. The van der Waals surface area contributed by atoms with Crippen LogP contribution in [0, 0.1) is 5.92 Å². The van der Waals surface area contributed by atoms with Crippen molar-refractivity contribution >= 4 is 11.6 Å². The Morgan fingerprint density at radius 2 is 2.05 bits per heavy atom. The van der Waals surface area contributed by atoms with Crippen LogP contribution in [-0.2, 0) is 17.6 Å². The fraction of sp³-hybridized carbons (Fsp3) is 0.529. The van der Waals surface area contributed by atoms with Crippen molar-refractivity contribution in [2.45, 2.75) is 38.5 Å². The average molecular weight is 283 g/mol. The average Bonchev–Trinajstić information content (AvgIpc) is 2.93. The third kappa shape index (κ3) is 2.23. The van der Waals surface area contributed by atoms with Crippen LogP contribution >= 0.6 is 0 Å². The van der Waals surface area contributed by atoms with Crippen LogP contribution in [0.1, 0.15) is 37.1 Å². The quantitative estimate of drug-likeness (QED) is 0.806. The summed E-state index contributed by atoms with van der Waals surface area (Å²) >= 11 is 0. The van der Waals surface area contributed by atoms with Gasteiger partial charge in [-0.2, -0.15) is 0 Å². The van der Waals surface area contributed by atoms with E-state index in [-0.39, 0.29) is 5.92 Å². The van der Waals surface area contributed by atoms with E-state index in [2.05, 4.69) is 15.5 Å². The molecule has 2 aromatic rings. The van der Waals surface area contributed by atoms with Gasteiger partial charge in [-0.1, -0.05) is 6.07 Å². The molecule has 1 atom stereocenters. The molecule has 2 aromatic heterocycles. The fourth-order valence-electron chi connectivity index (χ4n) is 3.74. The Hall–Kier alpha value is -1.84. The van der Waals surface area contributed by atoms with Gasteiger partial charge in [0.05, 0.1) is 5.69 Å². The molecule has 0 saturated carbocycles. The summed E-state index contributed by atoms with van der Waals surface area (Å²) in [5.74, 6) is 0.516. The van der Waals surface area contributed by atoms with Crippen molar-refractivity contribution < 1.29 is 4.79 Å². The number of nitrogens with zero attached hydrogens (tertiary/aromatic N) is 3. The Balaban J connectivity index is 1.59. The highest BCUT2D eigenvalue weighted by Gasteiger charge is 2.31. The van der Waals surface area contributed by atoms with Gasteiger partial charge < -0.3 is 9.30 Å². The Morgan fingerprint density at radius 3 is 2.90 bits per heavy atom. The van der Waals surface area contributed by atoms with Gasteiger partial charge in [-0.15, -0.1) is 0 Å². The summed E-state index contributed by atoms with van der Waals surface area (Å²) in [6.45, 7) is 1.91. The molecule has 1 aliphatic heterocycles. The van der Waals surface area contributed by atoms with Crippen LogP contribution in [0.5, 0.6) is 0 Å². The predicted octanol–water partition coefficient (Wildman–Crippen LogP) is 2.45. The summed E-state index contributed by atoms with van der Waals surface area (Å²) < 4.78 is 2.16. The summed E-state index contributed by atoms with van der Waals surface area (Å²) in [4.78, 5) is 19.5. The molecular formula is C17H21N3O. The normalized spacial score (nSPS) is 22.3. The molecule has 110 valence electrons. The first kappa shape index (κ1) is 12.9. The van der Waals surface area contributed by atoms with E-state index in [1.54, 1.807) is 0 Å². The molecular weight excluding hydrogens is 262 g/mol. The molecule has 4 nitrogen and oxygen atoms in total. The molecule has 21 heavy (non-hydrogen) atoms. The molecule has 1 amide bonds. The van der Waals surface area contributed by atoms with Gasteiger partial charge >= 0.3 is 0 Å². The van der Waals surface area contributed by atoms with Crippen LogP contribution in [0.4, 0.5) is 0 Å². The second kappa shape index (κ2) is 5.17. The van der Waals surface area contributed by atoms with E-state index in [0.29, 0.717) is 5.91 Å². The molecule has 1 saturated heterocycles. The molecule has 0 spiro atoms. The van der Waals surface area contributed by atoms with Gasteiger partial charge in [0.15, 0.2) is 0 Å². The van der Waals surface area contributed by atoms with Crippen LogP contribution < -0.4 is 0 Å². The van der Waals surface area contributed by atoms with Crippen molar-refractivity contribution in [3.05, 3.63) is 35.8 Å². The first-order valence-electron chi connectivity index (χ1n) is 8.06. The zero-order chi connectivity index (χ0) is 14.2. The summed E-state index contributed by atoms with van der Waals surface area (Å²) in [6.07, 6.45) is 8.39. The number of aromatic nitrogens is 2. The Morgan fingerprint density at radius 1 is 1.19 bits per heavy atom. The fourth-order valence-corrected chi connectivity index (χ4v) is 3.74. The molecule has 1 aliphatic carbocycles. The van der Waals surface area contributed by atoms with Gasteiger partial charge in [-0.3, -0.25) is 4.79 Å². The maximum Gasteiger partial charge on any atom is 0.226 e. The smallest absolute Gasteiger partial charge is 0.226 e. The molecule has 3 heterocycles. The van der Waals surface area contributed by atoms with Crippen LogP contribution in [-0.4, -0.2) is 33.3 Å². The number of fused-ring (bicyclic) bond motifs is 3. The lowest BCUT2D eigenvalue weighted by Crippen LogP contribution is -2.41. The number of hydrogen-bond acceptors (Lipinski definition) is 2. The van der Waals surface area contributed by atoms with Gasteiger partial charge in [-0.25, -0.2) is 4.98 Å². The number of hydrogen-bond donors (Lipinski definition) is 0. The molecule has 4 rings (SSSR count). The lowest BCUT2D eigenvalue weighted by atomic mass is 9.88. The van der Waals surface area contributed by atoms with Gasteiger partial charge in [-0.05, 0) is 44.2 Å². The molecule has 1 unspecified atom stereocenters. The van der Waals surface area contributed by atoms with Crippen LogP contribution in [0.3, 0.4) is 0 Å². The molecule has 0 N–H and O–H groups in total. The van der Waals surface area contributed by atoms with Crippen molar-refractivity contribution in [2.24, 2.45) is 5.92 Å². The van der Waals surface area contributed by atoms with Crippen LogP contribution in [0.25, 0.3) is 5.65 Å².